The summed E-state index contributed by atoms with van der Waals surface area (Å²) in [6.45, 7) is 3.65. The number of rotatable bonds is 2. The first-order chi connectivity index (χ1) is 11.5. The predicted molar refractivity (Wildman–Crippen MR) is 88.4 cm³/mol. The molecule has 0 saturated carbocycles. The van der Waals surface area contributed by atoms with Gasteiger partial charge in [-0.2, -0.15) is 0 Å². The van der Waals surface area contributed by atoms with Gasteiger partial charge in [-0.05, 0) is 49.6 Å². The SMILES string of the molecule is Cc1ncc(-c2ccc3c(c2)CCc2nnc(C)n2-3)cc1C(=O)O. The molecule has 0 amide bonds. The van der Waals surface area contributed by atoms with Crippen molar-refractivity contribution in [1.29, 1.82) is 0 Å². The molecule has 0 aliphatic carbocycles. The van der Waals surface area contributed by atoms with E-state index >= 15 is 0 Å². The molecule has 1 aliphatic heterocycles. The van der Waals surface area contributed by atoms with Gasteiger partial charge in [0.15, 0.2) is 0 Å². The highest BCUT2D eigenvalue weighted by molar-refractivity contribution is 5.90. The average molecular weight is 320 g/mol. The van der Waals surface area contributed by atoms with Gasteiger partial charge in [0.2, 0.25) is 0 Å². The lowest BCUT2D eigenvalue weighted by Gasteiger charge is -2.19. The van der Waals surface area contributed by atoms with Crippen molar-refractivity contribution in [1.82, 2.24) is 19.7 Å². The minimum Gasteiger partial charge on any atom is -0.478 e. The van der Waals surface area contributed by atoms with Crippen LogP contribution in [0.5, 0.6) is 0 Å². The van der Waals surface area contributed by atoms with Crippen molar-refractivity contribution >= 4 is 5.97 Å². The number of hydrogen-bond acceptors (Lipinski definition) is 4. The van der Waals surface area contributed by atoms with E-state index in [9.17, 15) is 9.90 Å². The number of aromatic carboxylic acids is 1. The van der Waals surface area contributed by atoms with Gasteiger partial charge >= 0.3 is 5.97 Å². The van der Waals surface area contributed by atoms with Gasteiger partial charge in [0.05, 0.1) is 16.9 Å². The number of carbonyl (C=O) groups is 1. The predicted octanol–water partition coefficient (Wildman–Crippen LogP) is 2.74. The van der Waals surface area contributed by atoms with E-state index in [-0.39, 0.29) is 5.56 Å². The summed E-state index contributed by atoms with van der Waals surface area (Å²) in [5.41, 5.74) is 4.85. The molecule has 4 rings (SSSR count). The second kappa shape index (κ2) is 5.26. The van der Waals surface area contributed by atoms with E-state index in [1.807, 2.05) is 19.1 Å². The molecule has 3 heterocycles. The fourth-order valence-electron chi connectivity index (χ4n) is 3.22. The number of carboxylic acids is 1. The zero-order valence-corrected chi connectivity index (χ0v) is 13.4. The number of aromatic nitrogens is 4. The van der Waals surface area contributed by atoms with E-state index in [0.29, 0.717) is 5.69 Å². The van der Waals surface area contributed by atoms with Crippen LogP contribution in [0.4, 0.5) is 0 Å². The monoisotopic (exact) mass is 320 g/mol. The summed E-state index contributed by atoms with van der Waals surface area (Å²) >= 11 is 0. The van der Waals surface area contributed by atoms with Crippen molar-refractivity contribution in [3.8, 4) is 16.8 Å². The quantitative estimate of drug-likeness (QED) is 0.785. The van der Waals surface area contributed by atoms with Crippen LogP contribution in [0, 0.1) is 13.8 Å². The molecule has 24 heavy (non-hydrogen) atoms. The third kappa shape index (κ3) is 2.19. The minimum atomic E-state index is -0.954. The van der Waals surface area contributed by atoms with Crippen LogP contribution in [0.3, 0.4) is 0 Å². The van der Waals surface area contributed by atoms with Gasteiger partial charge in [0.1, 0.15) is 11.6 Å². The highest BCUT2D eigenvalue weighted by Crippen LogP contribution is 2.30. The smallest absolute Gasteiger partial charge is 0.337 e. The summed E-state index contributed by atoms with van der Waals surface area (Å²) < 4.78 is 2.08. The van der Waals surface area contributed by atoms with Gasteiger partial charge in [0.25, 0.3) is 0 Å². The maximum Gasteiger partial charge on any atom is 0.337 e. The lowest BCUT2D eigenvalue weighted by molar-refractivity contribution is 0.0695. The molecule has 6 nitrogen and oxygen atoms in total. The van der Waals surface area contributed by atoms with Crippen molar-refractivity contribution in [3.05, 3.63) is 58.9 Å². The third-order valence-electron chi connectivity index (χ3n) is 4.48. The molecule has 0 bridgehead atoms. The van der Waals surface area contributed by atoms with Crippen LogP contribution in [0.2, 0.25) is 0 Å². The number of nitrogens with zero attached hydrogens (tertiary/aromatic N) is 4. The summed E-state index contributed by atoms with van der Waals surface area (Å²) in [5.74, 6) is 0.909. The summed E-state index contributed by atoms with van der Waals surface area (Å²) in [6, 6.07) is 7.83. The normalized spacial score (nSPS) is 12.6. The summed E-state index contributed by atoms with van der Waals surface area (Å²) in [4.78, 5) is 15.6. The van der Waals surface area contributed by atoms with E-state index in [4.69, 9.17) is 0 Å². The molecule has 120 valence electrons. The van der Waals surface area contributed by atoms with E-state index in [0.717, 1.165) is 41.3 Å². The number of pyridine rings is 1. The molecule has 0 spiro atoms. The first-order valence-electron chi connectivity index (χ1n) is 7.79. The second-order valence-electron chi connectivity index (χ2n) is 6.00. The molecule has 1 aliphatic rings. The molecule has 0 fully saturated rings. The molecule has 3 aromatic rings. The van der Waals surface area contributed by atoms with Gasteiger partial charge in [-0.15, -0.1) is 10.2 Å². The van der Waals surface area contributed by atoms with Crippen LogP contribution >= 0.6 is 0 Å². The zero-order chi connectivity index (χ0) is 16.8. The summed E-state index contributed by atoms with van der Waals surface area (Å²) in [7, 11) is 0. The van der Waals surface area contributed by atoms with Gasteiger partial charge in [0, 0.05) is 18.2 Å². The number of hydrogen-bond donors (Lipinski definition) is 1. The van der Waals surface area contributed by atoms with Crippen molar-refractivity contribution in [3.63, 3.8) is 0 Å². The molecule has 0 atom stereocenters. The Labute approximate surface area is 138 Å². The van der Waals surface area contributed by atoms with Crippen molar-refractivity contribution in [2.75, 3.05) is 0 Å². The molecular weight excluding hydrogens is 304 g/mol. The summed E-state index contributed by atoms with van der Waals surface area (Å²) in [6.07, 6.45) is 3.47. The Kier molecular flexibility index (Phi) is 3.19. The van der Waals surface area contributed by atoms with Crippen molar-refractivity contribution < 1.29 is 9.90 Å². The maximum absolute atomic E-state index is 11.3. The Morgan fingerprint density at radius 3 is 2.75 bits per heavy atom. The number of carboxylic acid groups (broad SMARTS) is 1. The van der Waals surface area contributed by atoms with E-state index < -0.39 is 5.97 Å². The first kappa shape index (κ1) is 14.6. The molecule has 1 aromatic carbocycles. The van der Waals surface area contributed by atoms with Crippen molar-refractivity contribution in [2.45, 2.75) is 26.7 Å². The van der Waals surface area contributed by atoms with Gasteiger partial charge in [-0.25, -0.2) is 4.79 Å². The summed E-state index contributed by atoms with van der Waals surface area (Å²) in [5, 5.41) is 17.7. The molecule has 2 aromatic heterocycles. The van der Waals surface area contributed by atoms with Gasteiger partial charge < -0.3 is 5.11 Å². The topological polar surface area (TPSA) is 80.9 Å². The molecule has 0 radical (unpaired) electrons. The second-order valence-corrected chi connectivity index (χ2v) is 6.00. The van der Waals surface area contributed by atoms with Crippen LogP contribution in [0.15, 0.2) is 30.5 Å². The Balaban J connectivity index is 1.82. The molecular formula is C18H16N4O2. The Hall–Kier alpha value is -3.02. The van der Waals surface area contributed by atoms with Crippen LogP contribution in [-0.4, -0.2) is 30.8 Å². The highest BCUT2D eigenvalue weighted by atomic mass is 16.4. The zero-order valence-electron chi connectivity index (χ0n) is 13.4. The largest absolute Gasteiger partial charge is 0.478 e. The lowest BCUT2D eigenvalue weighted by atomic mass is 9.97. The van der Waals surface area contributed by atoms with Crippen molar-refractivity contribution in [2.24, 2.45) is 0 Å². The van der Waals surface area contributed by atoms with Crippen LogP contribution in [0.25, 0.3) is 16.8 Å². The number of benzene rings is 1. The Morgan fingerprint density at radius 1 is 1.12 bits per heavy atom. The average Bonchev–Trinajstić information content (AvgIpc) is 2.96. The molecule has 0 saturated heterocycles. The standard InChI is InChI=1S/C18H16N4O2/c1-10-15(18(23)24)8-14(9-19-10)12-3-5-16-13(7-12)4-6-17-21-20-11(2)22(16)17/h3,5,7-9H,4,6H2,1-2H3,(H,23,24). The minimum absolute atomic E-state index is 0.238. The van der Waals surface area contributed by atoms with Crippen LogP contribution < -0.4 is 0 Å². The van der Waals surface area contributed by atoms with Crippen LogP contribution in [0.1, 0.15) is 33.3 Å². The number of aryl methyl sites for hydroxylation is 4. The third-order valence-corrected chi connectivity index (χ3v) is 4.48. The molecule has 6 heteroatoms. The maximum atomic E-state index is 11.3. The fourth-order valence-corrected chi connectivity index (χ4v) is 3.22. The van der Waals surface area contributed by atoms with E-state index in [2.05, 4.69) is 25.8 Å². The van der Waals surface area contributed by atoms with E-state index in [1.54, 1.807) is 19.2 Å². The lowest BCUT2D eigenvalue weighted by Crippen LogP contribution is -2.13. The van der Waals surface area contributed by atoms with Crippen LogP contribution in [-0.2, 0) is 12.8 Å². The first-order valence-corrected chi connectivity index (χ1v) is 7.79. The fraction of sp³-hybridized carbons (Fsp3) is 0.222. The molecule has 0 unspecified atom stereocenters. The van der Waals surface area contributed by atoms with E-state index in [1.165, 1.54) is 5.56 Å². The van der Waals surface area contributed by atoms with Gasteiger partial charge in [-0.1, -0.05) is 6.07 Å². The number of fused-ring (bicyclic) bond motifs is 3. The Morgan fingerprint density at radius 2 is 1.96 bits per heavy atom. The van der Waals surface area contributed by atoms with Gasteiger partial charge in [-0.3, -0.25) is 9.55 Å². The highest BCUT2D eigenvalue weighted by Gasteiger charge is 2.20. The molecule has 1 N–H and O–H groups in total. The Bertz CT molecular complexity index is 975.